The van der Waals surface area contributed by atoms with E-state index in [1.807, 2.05) is 18.2 Å². The summed E-state index contributed by atoms with van der Waals surface area (Å²) in [5.74, 6) is 0.402. The first kappa shape index (κ1) is 10.3. The van der Waals surface area contributed by atoms with Crippen molar-refractivity contribution in [2.24, 2.45) is 5.10 Å². The van der Waals surface area contributed by atoms with Gasteiger partial charge in [-0.05, 0) is 18.4 Å². The summed E-state index contributed by atoms with van der Waals surface area (Å²) >= 11 is 1.62. The number of hydrogen-bond acceptors (Lipinski definition) is 4. The molecule has 0 aromatic heterocycles. The van der Waals surface area contributed by atoms with Gasteiger partial charge in [-0.1, -0.05) is 12.1 Å². The van der Waals surface area contributed by atoms with Crippen LogP contribution < -0.4 is 5.43 Å². The van der Waals surface area contributed by atoms with Gasteiger partial charge in [-0.15, -0.1) is 11.8 Å². The number of hydrazone groups is 1. The summed E-state index contributed by atoms with van der Waals surface area (Å²) in [6.45, 7) is 0. The van der Waals surface area contributed by atoms with E-state index in [0.717, 1.165) is 0 Å². The maximum absolute atomic E-state index is 13.5. The smallest absolute Gasteiger partial charge is 0.164 e. The minimum Gasteiger partial charge on any atom is -0.328 e. The monoisotopic (exact) mass is 225 g/mol. The maximum atomic E-state index is 13.5. The van der Waals surface area contributed by atoms with Crippen LogP contribution in [0.25, 0.3) is 0 Å². The number of halogens is 1. The van der Waals surface area contributed by atoms with Crippen molar-refractivity contribution in [2.45, 2.75) is 5.50 Å². The first-order valence-corrected chi connectivity index (χ1v) is 5.86. The molecule has 1 heterocycles. The third-order valence-electron chi connectivity index (χ3n) is 2.30. The van der Waals surface area contributed by atoms with Gasteiger partial charge in [-0.3, -0.25) is 5.43 Å². The largest absolute Gasteiger partial charge is 0.328 e. The molecule has 80 valence electrons. The first-order valence-electron chi connectivity index (χ1n) is 4.58. The molecule has 0 amide bonds. The first-order chi connectivity index (χ1) is 7.24. The standard InChI is InChI=1S/C10H12FN3S/c1-14-9(12-13-10(14)15-2)7-5-3-4-6-8(7)11/h3-6,10,13H,1-2H3. The molecule has 15 heavy (non-hydrogen) atoms. The number of thioether (sulfide) groups is 1. The fraction of sp³-hybridized carbons (Fsp3) is 0.300. The number of hydrogen-bond donors (Lipinski definition) is 1. The molecule has 1 aromatic rings. The molecule has 1 N–H and O–H groups in total. The predicted molar refractivity (Wildman–Crippen MR) is 61.1 cm³/mol. The lowest BCUT2D eigenvalue weighted by atomic mass is 10.2. The van der Waals surface area contributed by atoms with E-state index in [4.69, 9.17) is 0 Å². The van der Waals surface area contributed by atoms with Gasteiger partial charge in [-0.2, -0.15) is 5.10 Å². The van der Waals surface area contributed by atoms with Gasteiger partial charge in [0.1, 0.15) is 5.82 Å². The number of amidine groups is 1. The zero-order valence-electron chi connectivity index (χ0n) is 8.57. The molecule has 0 bridgehead atoms. The van der Waals surface area contributed by atoms with Crippen molar-refractivity contribution in [3.63, 3.8) is 0 Å². The maximum Gasteiger partial charge on any atom is 0.164 e. The molecule has 0 saturated carbocycles. The van der Waals surface area contributed by atoms with Crippen molar-refractivity contribution >= 4 is 17.6 Å². The summed E-state index contributed by atoms with van der Waals surface area (Å²) in [6, 6.07) is 6.65. The Labute approximate surface area is 92.3 Å². The van der Waals surface area contributed by atoms with Gasteiger partial charge in [0.25, 0.3) is 0 Å². The van der Waals surface area contributed by atoms with Crippen molar-refractivity contribution < 1.29 is 4.39 Å². The topological polar surface area (TPSA) is 27.6 Å². The molecule has 1 atom stereocenters. The van der Waals surface area contributed by atoms with Crippen LogP contribution in [0.3, 0.4) is 0 Å². The molecule has 0 saturated heterocycles. The Balaban J connectivity index is 2.30. The molecule has 0 fully saturated rings. The molecule has 0 aliphatic carbocycles. The lowest BCUT2D eigenvalue weighted by Gasteiger charge is -2.20. The molecule has 1 aromatic carbocycles. The Hall–Kier alpha value is -1.23. The molecule has 0 spiro atoms. The number of nitrogens with zero attached hydrogens (tertiary/aromatic N) is 2. The third-order valence-corrected chi connectivity index (χ3v) is 3.17. The SMILES string of the molecule is CSC1NN=C(c2ccccc2F)N1C. The Morgan fingerprint density at radius 1 is 1.47 bits per heavy atom. The molecule has 2 rings (SSSR count). The van der Waals surface area contributed by atoms with Crippen molar-refractivity contribution in [1.82, 2.24) is 10.3 Å². The average molecular weight is 225 g/mol. The van der Waals surface area contributed by atoms with Crippen LogP contribution in [0.4, 0.5) is 4.39 Å². The number of rotatable bonds is 2. The van der Waals surface area contributed by atoms with Crippen LogP contribution in [0, 0.1) is 5.82 Å². The van der Waals surface area contributed by atoms with Gasteiger partial charge in [-0.25, -0.2) is 4.39 Å². The second-order valence-corrected chi connectivity index (χ2v) is 4.16. The molecule has 1 unspecified atom stereocenters. The molecule has 1 aliphatic heterocycles. The van der Waals surface area contributed by atoms with E-state index >= 15 is 0 Å². The molecule has 0 radical (unpaired) electrons. The van der Waals surface area contributed by atoms with E-state index in [-0.39, 0.29) is 11.3 Å². The van der Waals surface area contributed by atoms with Crippen LogP contribution in [0.15, 0.2) is 29.4 Å². The highest BCUT2D eigenvalue weighted by molar-refractivity contribution is 7.99. The number of nitrogens with one attached hydrogen (secondary N) is 1. The summed E-state index contributed by atoms with van der Waals surface area (Å²) in [7, 11) is 1.90. The molecule has 3 nitrogen and oxygen atoms in total. The van der Waals surface area contributed by atoms with Crippen molar-refractivity contribution in [2.75, 3.05) is 13.3 Å². The molecular formula is C10H12FN3S. The van der Waals surface area contributed by atoms with Crippen LogP contribution in [-0.4, -0.2) is 29.5 Å². The van der Waals surface area contributed by atoms with E-state index in [1.54, 1.807) is 30.0 Å². The minimum absolute atomic E-state index is 0.0830. The quantitative estimate of drug-likeness (QED) is 0.829. The average Bonchev–Trinajstić information content (AvgIpc) is 2.60. The lowest BCUT2D eigenvalue weighted by molar-refractivity contribution is 0.464. The van der Waals surface area contributed by atoms with E-state index in [0.29, 0.717) is 11.4 Å². The van der Waals surface area contributed by atoms with Crippen LogP contribution in [0.2, 0.25) is 0 Å². The molecule has 5 heteroatoms. The van der Waals surface area contributed by atoms with Gasteiger partial charge in [0.15, 0.2) is 11.3 Å². The van der Waals surface area contributed by atoms with E-state index < -0.39 is 0 Å². The van der Waals surface area contributed by atoms with Gasteiger partial charge in [0, 0.05) is 7.05 Å². The lowest BCUT2D eigenvalue weighted by Crippen LogP contribution is -2.34. The highest BCUT2D eigenvalue weighted by atomic mass is 32.2. The summed E-state index contributed by atoms with van der Waals surface area (Å²) < 4.78 is 13.5. The van der Waals surface area contributed by atoms with Crippen molar-refractivity contribution in [1.29, 1.82) is 0 Å². The summed E-state index contributed by atoms with van der Waals surface area (Å²) in [5.41, 5.74) is 3.56. The summed E-state index contributed by atoms with van der Waals surface area (Å²) in [4.78, 5) is 1.92. The van der Waals surface area contributed by atoms with E-state index in [9.17, 15) is 4.39 Å². The fourth-order valence-corrected chi connectivity index (χ4v) is 2.07. The summed E-state index contributed by atoms with van der Waals surface area (Å²) in [6.07, 6.45) is 1.98. The Morgan fingerprint density at radius 3 is 2.80 bits per heavy atom. The zero-order chi connectivity index (χ0) is 10.8. The van der Waals surface area contributed by atoms with E-state index in [2.05, 4.69) is 10.5 Å². The highest BCUT2D eigenvalue weighted by Crippen LogP contribution is 2.19. The second-order valence-electron chi connectivity index (χ2n) is 3.24. The van der Waals surface area contributed by atoms with E-state index in [1.165, 1.54) is 6.07 Å². The Morgan fingerprint density at radius 2 is 2.20 bits per heavy atom. The Kier molecular flexibility index (Phi) is 2.81. The fourth-order valence-electron chi connectivity index (χ4n) is 1.50. The normalized spacial score (nSPS) is 20.1. The van der Waals surface area contributed by atoms with Gasteiger partial charge < -0.3 is 4.90 Å². The zero-order valence-corrected chi connectivity index (χ0v) is 9.38. The van der Waals surface area contributed by atoms with Gasteiger partial charge >= 0.3 is 0 Å². The third kappa shape index (κ3) is 1.79. The number of benzene rings is 1. The van der Waals surface area contributed by atoms with Gasteiger partial charge in [0.2, 0.25) is 0 Å². The van der Waals surface area contributed by atoms with Crippen molar-refractivity contribution in [3.05, 3.63) is 35.6 Å². The molecular weight excluding hydrogens is 213 g/mol. The molecule has 1 aliphatic rings. The van der Waals surface area contributed by atoms with Crippen LogP contribution in [0.5, 0.6) is 0 Å². The predicted octanol–water partition coefficient (Wildman–Crippen LogP) is 1.67. The summed E-state index contributed by atoms with van der Waals surface area (Å²) in [5, 5.41) is 4.13. The van der Waals surface area contributed by atoms with Crippen LogP contribution in [-0.2, 0) is 0 Å². The van der Waals surface area contributed by atoms with Crippen LogP contribution >= 0.6 is 11.8 Å². The highest BCUT2D eigenvalue weighted by Gasteiger charge is 2.25. The minimum atomic E-state index is -0.244. The Bertz CT molecular complexity index is 394. The van der Waals surface area contributed by atoms with Crippen LogP contribution in [0.1, 0.15) is 5.56 Å². The second kappa shape index (κ2) is 4.10. The van der Waals surface area contributed by atoms with Crippen molar-refractivity contribution in [3.8, 4) is 0 Å². The van der Waals surface area contributed by atoms with Gasteiger partial charge in [0.05, 0.1) is 5.56 Å².